The van der Waals surface area contributed by atoms with E-state index in [9.17, 15) is 14.0 Å². The quantitative estimate of drug-likeness (QED) is 0.396. The van der Waals surface area contributed by atoms with E-state index in [1.165, 1.54) is 10.6 Å². The number of hydrogen-bond acceptors (Lipinski definition) is 5. The van der Waals surface area contributed by atoms with Crippen molar-refractivity contribution in [2.24, 2.45) is 5.92 Å². The summed E-state index contributed by atoms with van der Waals surface area (Å²) in [7, 11) is 0. The number of piperidine rings is 1. The number of likely N-dealkylation sites (tertiary alicyclic amines) is 1. The predicted molar refractivity (Wildman–Crippen MR) is 129 cm³/mol. The van der Waals surface area contributed by atoms with Gasteiger partial charge in [0.2, 0.25) is 0 Å². The molecule has 3 heterocycles. The van der Waals surface area contributed by atoms with E-state index in [0.29, 0.717) is 60.8 Å². The fourth-order valence-corrected chi connectivity index (χ4v) is 4.42. The van der Waals surface area contributed by atoms with Crippen LogP contribution in [0.25, 0.3) is 28.2 Å². The van der Waals surface area contributed by atoms with Crippen LogP contribution in [0.2, 0.25) is 0 Å². The molecule has 0 N–H and O–H groups in total. The SMILES string of the molecule is CCOC(=O)C1CCN(C(=O)c2cc(-c3ccccc3F)nc3cc(-c4ccccc4)nn23)CC1. The molecule has 8 heteroatoms. The molecule has 2 aromatic carbocycles. The first-order chi connectivity index (χ1) is 17.0. The van der Waals surface area contributed by atoms with Gasteiger partial charge in [-0.3, -0.25) is 9.59 Å². The summed E-state index contributed by atoms with van der Waals surface area (Å²) in [4.78, 5) is 32.1. The molecule has 5 rings (SSSR count). The summed E-state index contributed by atoms with van der Waals surface area (Å²) in [6, 6.07) is 19.4. The van der Waals surface area contributed by atoms with Crippen LogP contribution in [-0.2, 0) is 9.53 Å². The van der Waals surface area contributed by atoms with Gasteiger partial charge in [-0.05, 0) is 38.0 Å². The summed E-state index contributed by atoms with van der Waals surface area (Å²) < 4.78 is 21.3. The molecule has 1 fully saturated rings. The van der Waals surface area contributed by atoms with E-state index < -0.39 is 5.82 Å². The van der Waals surface area contributed by atoms with Crippen molar-refractivity contribution in [2.45, 2.75) is 19.8 Å². The molecule has 0 aliphatic carbocycles. The van der Waals surface area contributed by atoms with Gasteiger partial charge < -0.3 is 9.64 Å². The minimum Gasteiger partial charge on any atom is -0.466 e. The van der Waals surface area contributed by atoms with Crippen molar-refractivity contribution in [2.75, 3.05) is 19.7 Å². The number of amides is 1. The van der Waals surface area contributed by atoms with Gasteiger partial charge in [0.1, 0.15) is 11.5 Å². The van der Waals surface area contributed by atoms with Crippen molar-refractivity contribution in [3.63, 3.8) is 0 Å². The number of fused-ring (bicyclic) bond motifs is 1. The Balaban J connectivity index is 1.54. The van der Waals surface area contributed by atoms with E-state index in [4.69, 9.17) is 4.74 Å². The van der Waals surface area contributed by atoms with Crippen molar-refractivity contribution in [3.05, 3.63) is 78.2 Å². The van der Waals surface area contributed by atoms with Gasteiger partial charge in [0.25, 0.3) is 5.91 Å². The first-order valence-corrected chi connectivity index (χ1v) is 11.7. The van der Waals surface area contributed by atoms with Crippen LogP contribution in [0.3, 0.4) is 0 Å². The van der Waals surface area contributed by atoms with Crippen molar-refractivity contribution >= 4 is 17.5 Å². The Hall–Kier alpha value is -4.07. The lowest BCUT2D eigenvalue weighted by molar-refractivity contribution is -0.149. The third-order valence-corrected chi connectivity index (χ3v) is 6.27. The smallest absolute Gasteiger partial charge is 0.309 e. The highest BCUT2D eigenvalue weighted by atomic mass is 19.1. The Bertz CT molecular complexity index is 1380. The molecular weight excluding hydrogens is 447 g/mol. The number of rotatable bonds is 5. The molecule has 1 aliphatic heterocycles. The van der Waals surface area contributed by atoms with Gasteiger partial charge in [-0.15, -0.1) is 0 Å². The van der Waals surface area contributed by atoms with Gasteiger partial charge in [-0.2, -0.15) is 5.10 Å². The minimum atomic E-state index is -0.416. The maximum atomic E-state index is 14.6. The lowest BCUT2D eigenvalue weighted by Crippen LogP contribution is -2.41. The molecule has 1 amide bonds. The van der Waals surface area contributed by atoms with Crippen molar-refractivity contribution < 1.29 is 18.7 Å². The number of carbonyl (C=O) groups is 2. The summed E-state index contributed by atoms with van der Waals surface area (Å²) in [5, 5.41) is 4.66. The number of aromatic nitrogens is 3. The van der Waals surface area contributed by atoms with Crippen LogP contribution < -0.4 is 0 Å². The number of ether oxygens (including phenoxy) is 1. The molecule has 0 spiro atoms. The monoisotopic (exact) mass is 472 g/mol. The zero-order valence-electron chi connectivity index (χ0n) is 19.4. The molecule has 0 radical (unpaired) electrons. The third-order valence-electron chi connectivity index (χ3n) is 6.27. The van der Waals surface area contributed by atoms with E-state index in [0.717, 1.165) is 5.56 Å². The van der Waals surface area contributed by atoms with Crippen LogP contribution in [-0.4, -0.2) is 51.1 Å². The van der Waals surface area contributed by atoms with Gasteiger partial charge in [-0.1, -0.05) is 42.5 Å². The number of hydrogen-bond donors (Lipinski definition) is 0. The molecule has 2 aromatic heterocycles. The summed E-state index contributed by atoms with van der Waals surface area (Å²) in [6.07, 6.45) is 1.07. The van der Waals surface area contributed by atoms with Crippen molar-refractivity contribution in [1.29, 1.82) is 0 Å². The molecule has 1 aliphatic rings. The fourth-order valence-electron chi connectivity index (χ4n) is 4.42. The van der Waals surface area contributed by atoms with E-state index >= 15 is 0 Å². The molecule has 0 unspecified atom stereocenters. The molecule has 178 valence electrons. The van der Waals surface area contributed by atoms with Crippen LogP contribution in [0.5, 0.6) is 0 Å². The molecule has 35 heavy (non-hydrogen) atoms. The fraction of sp³-hybridized carbons (Fsp3) is 0.259. The van der Waals surface area contributed by atoms with E-state index in [-0.39, 0.29) is 17.8 Å². The van der Waals surface area contributed by atoms with E-state index in [1.54, 1.807) is 42.2 Å². The summed E-state index contributed by atoms with van der Waals surface area (Å²) in [5.41, 5.74) is 2.98. The standard InChI is InChI=1S/C27H25FN4O3/c1-2-35-27(34)19-12-14-31(15-13-19)26(33)24-16-23(20-10-6-7-11-21(20)28)29-25-17-22(30-32(24)25)18-8-4-3-5-9-18/h3-11,16-17,19H,2,12-15H2,1H3. The lowest BCUT2D eigenvalue weighted by atomic mass is 9.96. The van der Waals surface area contributed by atoms with Crippen LogP contribution in [0.1, 0.15) is 30.3 Å². The summed E-state index contributed by atoms with van der Waals surface area (Å²) >= 11 is 0. The zero-order chi connectivity index (χ0) is 24.4. The Morgan fingerprint density at radius 1 is 1.00 bits per heavy atom. The Labute approximate surface area is 202 Å². The second kappa shape index (κ2) is 9.66. The van der Waals surface area contributed by atoms with Gasteiger partial charge in [0, 0.05) is 30.3 Å². The Morgan fingerprint density at radius 3 is 2.43 bits per heavy atom. The first-order valence-electron chi connectivity index (χ1n) is 11.7. The molecule has 1 saturated heterocycles. The summed E-state index contributed by atoms with van der Waals surface area (Å²) in [5.74, 6) is -1.08. The molecule has 0 saturated carbocycles. The maximum Gasteiger partial charge on any atom is 0.309 e. The third kappa shape index (κ3) is 4.51. The van der Waals surface area contributed by atoms with Crippen molar-refractivity contribution in [3.8, 4) is 22.5 Å². The number of esters is 1. The number of halogens is 1. The first kappa shape index (κ1) is 22.7. The maximum absolute atomic E-state index is 14.6. The number of nitrogens with zero attached hydrogens (tertiary/aromatic N) is 4. The van der Waals surface area contributed by atoms with E-state index in [1.807, 2.05) is 30.3 Å². The number of benzene rings is 2. The second-order valence-electron chi connectivity index (χ2n) is 8.49. The highest BCUT2D eigenvalue weighted by molar-refractivity contribution is 5.94. The molecule has 0 atom stereocenters. The van der Waals surface area contributed by atoms with Gasteiger partial charge in [0.05, 0.1) is 23.9 Å². The van der Waals surface area contributed by atoms with Crippen LogP contribution in [0.4, 0.5) is 4.39 Å². The Morgan fingerprint density at radius 2 is 1.71 bits per heavy atom. The van der Waals surface area contributed by atoms with E-state index in [2.05, 4.69) is 10.1 Å². The largest absolute Gasteiger partial charge is 0.466 e. The molecule has 0 bridgehead atoms. The van der Waals surface area contributed by atoms with Crippen LogP contribution >= 0.6 is 0 Å². The number of carbonyl (C=O) groups excluding carboxylic acids is 2. The molecule has 4 aromatic rings. The minimum absolute atomic E-state index is 0.208. The van der Waals surface area contributed by atoms with Crippen LogP contribution in [0.15, 0.2) is 66.7 Å². The second-order valence-corrected chi connectivity index (χ2v) is 8.49. The summed E-state index contributed by atoms with van der Waals surface area (Å²) in [6.45, 7) is 2.98. The van der Waals surface area contributed by atoms with Gasteiger partial charge >= 0.3 is 5.97 Å². The lowest BCUT2D eigenvalue weighted by Gasteiger charge is -2.31. The Kier molecular flexibility index (Phi) is 6.27. The average Bonchev–Trinajstić information content (AvgIpc) is 3.33. The molecular formula is C27H25FN4O3. The van der Waals surface area contributed by atoms with Gasteiger partial charge in [0.15, 0.2) is 5.65 Å². The topological polar surface area (TPSA) is 76.8 Å². The molecule has 7 nitrogen and oxygen atoms in total. The zero-order valence-corrected chi connectivity index (χ0v) is 19.4. The van der Waals surface area contributed by atoms with Gasteiger partial charge in [-0.25, -0.2) is 13.9 Å². The van der Waals surface area contributed by atoms with Crippen LogP contribution in [0, 0.1) is 11.7 Å². The normalized spacial score (nSPS) is 14.3. The van der Waals surface area contributed by atoms with Crippen molar-refractivity contribution in [1.82, 2.24) is 19.5 Å². The highest BCUT2D eigenvalue weighted by Crippen LogP contribution is 2.27. The average molecular weight is 473 g/mol. The highest BCUT2D eigenvalue weighted by Gasteiger charge is 2.30. The predicted octanol–water partition coefficient (Wildman–Crippen LogP) is 4.62.